The highest BCUT2D eigenvalue weighted by Crippen LogP contribution is 2.24. The number of nitrogens with zero attached hydrogens (tertiary/aromatic N) is 1. The van der Waals surface area contributed by atoms with Crippen LogP contribution in [0.4, 0.5) is 0 Å². The molecule has 0 radical (unpaired) electrons. The lowest BCUT2D eigenvalue weighted by Crippen LogP contribution is -2.38. The summed E-state index contributed by atoms with van der Waals surface area (Å²) in [6.07, 6.45) is 4.88. The Balaban J connectivity index is 1.19. The van der Waals surface area contributed by atoms with Crippen LogP contribution in [0, 0.1) is 5.92 Å². The van der Waals surface area contributed by atoms with E-state index >= 15 is 0 Å². The number of rotatable bonds is 8. The second-order valence-electron chi connectivity index (χ2n) is 8.58. The molecule has 1 heterocycles. The monoisotopic (exact) mass is 444 g/mol. The Hall–Kier alpha value is -2.56. The van der Waals surface area contributed by atoms with Gasteiger partial charge in [0.05, 0.1) is 6.42 Å². The highest BCUT2D eigenvalue weighted by molar-refractivity contribution is 7.98. The van der Waals surface area contributed by atoms with Crippen LogP contribution in [0.3, 0.4) is 0 Å². The Morgan fingerprint density at radius 2 is 1.56 bits per heavy atom. The molecule has 0 atom stereocenters. The summed E-state index contributed by atoms with van der Waals surface area (Å²) < 4.78 is 0. The van der Waals surface area contributed by atoms with Gasteiger partial charge in [0.1, 0.15) is 0 Å². The zero-order chi connectivity index (χ0) is 22.2. The summed E-state index contributed by atoms with van der Waals surface area (Å²) in [6.45, 7) is 4.01. The summed E-state index contributed by atoms with van der Waals surface area (Å²) in [4.78, 5) is 16.4. The third-order valence-corrected chi connectivity index (χ3v) is 7.15. The van der Waals surface area contributed by atoms with Crippen molar-refractivity contribution < 1.29 is 4.79 Å². The van der Waals surface area contributed by atoms with Gasteiger partial charge in [0.2, 0.25) is 5.91 Å². The molecule has 1 saturated heterocycles. The topological polar surface area (TPSA) is 32.3 Å². The van der Waals surface area contributed by atoms with Gasteiger partial charge in [-0.1, -0.05) is 72.8 Å². The zero-order valence-corrected chi connectivity index (χ0v) is 19.6. The lowest BCUT2D eigenvalue weighted by atomic mass is 9.96. The molecule has 32 heavy (non-hydrogen) atoms. The van der Waals surface area contributed by atoms with E-state index in [2.05, 4.69) is 77.1 Å². The first-order chi connectivity index (χ1) is 15.7. The third kappa shape index (κ3) is 6.24. The van der Waals surface area contributed by atoms with Crippen LogP contribution in [0.25, 0.3) is 11.1 Å². The normalized spacial score (nSPS) is 14.9. The third-order valence-electron chi connectivity index (χ3n) is 6.31. The average Bonchev–Trinajstić information content (AvgIpc) is 2.85. The van der Waals surface area contributed by atoms with E-state index in [9.17, 15) is 4.79 Å². The number of nitrogens with one attached hydrogen (secondary N) is 1. The molecule has 0 aromatic heterocycles. The standard InChI is InChI=1S/C28H32N2OS/c1-32-27-10-6-5-9-26(27)21-30-17-15-23(16-18-30)20-29-28(31)19-22-11-13-25(14-12-22)24-7-3-2-4-8-24/h2-14,23H,15-21H2,1H3,(H,29,31). The first-order valence-electron chi connectivity index (χ1n) is 11.5. The van der Waals surface area contributed by atoms with Gasteiger partial charge in [0, 0.05) is 18.0 Å². The Kier molecular flexibility index (Phi) is 8.02. The first kappa shape index (κ1) is 22.6. The van der Waals surface area contributed by atoms with Crippen LogP contribution in [-0.2, 0) is 17.8 Å². The van der Waals surface area contributed by atoms with Crippen LogP contribution in [0.5, 0.6) is 0 Å². The molecule has 0 bridgehead atoms. The minimum Gasteiger partial charge on any atom is -0.356 e. The Labute approximate surface area is 196 Å². The highest BCUT2D eigenvalue weighted by atomic mass is 32.2. The van der Waals surface area contributed by atoms with Crippen molar-refractivity contribution in [3.8, 4) is 11.1 Å². The smallest absolute Gasteiger partial charge is 0.224 e. The van der Waals surface area contributed by atoms with Crippen molar-refractivity contribution >= 4 is 17.7 Å². The summed E-state index contributed by atoms with van der Waals surface area (Å²) in [6, 6.07) is 27.3. The maximum Gasteiger partial charge on any atom is 0.224 e. The molecule has 3 nitrogen and oxygen atoms in total. The van der Waals surface area contributed by atoms with Gasteiger partial charge >= 0.3 is 0 Å². The van der Waals surface area contributed by atoms with Crippen molar-refractivity contribution in [2.45, 2.75) is 30.7 Å². The van der Waals surface area contributed by atoms with Crippen molar-refractivity contribution in [2.24, 2.45) is 5.92 Å². The molecule has 0 spiro atoms. The van der Waals surface area contributed by atoms with Gasteiger partial charge in [-0.2, -0.15) is 0 Å². The van der Waals surface area contributed by atoms with E-state index in [4.69, 9.17) is 0 Å². The zero-order valence-electron chi connectivity index (χ0n) is 18.8. The Morgan fingerprint density at radius 3 is 2.28 bits per heavy atom. The number of likely N-dealkylation sites (tertiary alicyclic amines) is 1. The number of hydrogen-bond acceptors (Lipinski definition) is 3. The van der Waals surface area contributed by atoms with Gasteiger partial charge in [-0.25, -0.2) is 0 Å². The van der Waals surface area contributed by atoms with Gasteiger partial charge in [0.25, 0.3) is 0 Å². The average molecular weight is 445 g/mol. The molecule has 1 aliphatic heterocycles. The molecular weight excluding hydrogens is 412 g/mol. The quantitative estimate of drug-likeness (QED) is 0.456. The van der Waals surface area contributed by atoms with Crippen LogP contribution in [-0.4, -0.2) is 36.7 Å². The summed E-state index contributed by atoms with van der Waals surface area (Å²) in [5, 5.41) is 3.17. The number of thioether (sulfide) groups is 1. The number of carbonyl (C=O) groups is 1. The second kappa shape index (κ2) is 11.3. The van der Waals surface area contributed by atoms with Gasteiger partial charge in [-0.3, -0.25) is 9.69 Å². The predicted octanol–water partition coefficient (Wildman–Crippen LogP) is 5.65. The summed E-state index contributed by atoms with van der Waals surface area (Å²) in [7, 11) is 0. The largest absolute Gasteiger partial charge is 0.356 e. The van der Waals surface area contributed by atoms with Crippen molar-refractivity contribution in [1.29, 1.82) is 0 Å². The fraction of sp³-hybridized carbons (Fsp3) is 0.321. The summed E-state index contributed by atoms with van der Waals surface area (Å²) >= 11 is 1.82. The lowest BCUT2D eigenvalue weighted by molar-refractivity contribution is -0.120. The van der Waals surface area contributed by atoms with Crippen LogP contribution in [0.15, 0.2) is 83.8 Å². The molecule has 0 aliphatic carbocycles. The van der Waals surface area contributed by atoms with Gasteiger partial charge in [0.15, 0.2) is 0 Å². The maximum atomic E-state index is 12.5. The molecule has 3 aromatic carbocycles. The van der Waals surface area contributed by atoms with Crippen LogP contribution < -0.4 is 5.32 Å². The molecule has 166 valence electrons. The van der Waals surface area contributed by atoms with E-state index in [0.717, 1.165) is 44.6 Å². The SMILES string of the molecule is CSc1ccccc1CN1CCC(CNC(=O)Cc2ccc(-c3ccccc3)cc2)CC1. The first-order valence-corrected chi connectivity index (χ1v) is 12.7. The number of amides is 1. The highest BCUT2D eigenvalue weighted by Gasteiger charge is 2.20. The minimum absolute atomic E-state index is 0.119. The molecule has 1 N–H and O–H groups in total. The van der Waals surface area contributed by atoms with E-state index in [-0.39, 0.29) is 5.91 Å². The van der Waals surface area contributed by atoms with Crippen LogP contribution in [0.2, 0.25) is 0 Å². The molecule has 1 amide bonds. The number of piperidine rings is 1. The summed E-state index contributed by atoms with van der Waals surface area (Å²) in [5.41, 5.74) is 4.86. The molecule has 1 fully saturated rings. The number of carbonyl (C=O) groups excluding carboxylic acids is 1. The predicted molar refractivity (Wildman–Crippen MR) is 135 cm³/mol. The number of hydrogen-bond donors (Lipinski definition) is 1. The Morgan fingerprint density at radius 1 is 0.906 bits per heavy atom. The van der Waals surface area contributed by atoms with Crippen molar-refractivity contribution in [2.75, 3.05) is 25.9 Å². The maximum absolute atomic E-state index is 12.5. The number of benzene rings is 3. The van der Waals surface area contributed by atoms with E-state index in [0.29, 0.717) is 12.3 Å². The van der Waals surface area contributed by atoms with E-state index in [1.807, 2.05) is 30.0 Å². The fourth-order valence-corrected chi connectivity index (χ4v) is 4.98. The van der Waals surface area contributed by atoms with Gasteiger partial charge < -0.3 is 5.32 Å². The molecule has 0 unspecified atom stereocenters. The van der Waals surface area contributed by atoms with Gasteiger partial charge in [-0.05, 0) is 66.4 Å². The molecule has 3 aromatic rings. The molecular formula is C28H32N2OS. The molecule has 4 heteroatoms. The summed E-state index contributed by atoms with van der Waals surface area (Å²) in [5.74, 6) is 0.695. The van der Waals surface area contributed by atoms with E-state index in [1.165, 1.54) is 21.6 Å². The van der Waals surface area contributed by atoms with Crippen LogP contribution in [0.1, 0.15) is 24.0 Å². The Bertz CT molecular complexity index is 995. The van der Waals surface area contributed by atoms with Crippen LogP contribution >= 0.6 is 11.8 Å². The molecule has 1 aliphatic rings. The lowest BCUT2D eigenvalue weighted by Gasteiger charge is -2.32. The molecule has 4 rings (SSSR count). The van der Waals surface area contributed by atoms with Gasteiger partial charge in [-0.15, -0.1) is 11.8 Å². The van der Waals surface area contributed by atoms with Crippen molar-refractivity contribution in [3.05, 3.63) is 90.0 Å². The molecule has 0 saturated carbocycles. The minimum atomic E-state index is 0.119. The van der Waals surface area contributed by atoms with E-state index < -0.39 is 0 Å². The van der Waals surface area contributed by atoms with Crippen molar-refractivity contribution in [1.82, 2.24) is 10.2 Å². The van der Waals surface area contributed by atoms with E-state index in [1.54, 1.807) is 0 Å². The van der Waals surface area contributed by atoms with Crippen molar-refractivity contribution in [3.63, 3.8) is 0 Å². The fourth-order valence-electron chi connectivity index (χ4n) is 4.37. The second-order valence-corrected chi connectivity index (χ2v) is 9.42.